The third-order valence-electron chi connectivity index (χ3n) is 16.0. The molecule has 114 heavy (non-hydrogen) atoms. The van der Waals surface area contributed by atoms with E-state index in [1.54, 1.807) is 24.3 Å². The fourth-order valence-electron chi connectivity index (χ4n) is 10.3. The normalized spacial score (nSPS) is 13.8. The van der Waals surface area contributed by atoms with Crippen LogP contribution in [0, 0.1) is 0 Å². The first kappa shape index (κ1) is 91.0. The summed E-state index contributed by atoms with van der Waals surface area (Å²) in [6.45, 7) is 2.28. The Labute approximate surface area is 676 Å². The van der Waals surface area contributed by atoms with E-state index < -0.39 is 89.3 Å². The van der Waals surface area contributed by atoms with E-state index in [4.69, 9.17) is 68.0 Å². The number of carbonyl (C=O) groups excluding carboxylic acids is 6. The zero-order chi connectivity index (χ0) is 82.5. The van der Waals surface area contributed by atoms with Crippen molar-refractivity contribution in [3.05, 3.63) is 314 Å². The van der Waals surface area contributed by atoms with E-state index in [0.29, 0.717) is 50.4 Å². The molecule has 4 atom stereocenters. The summed E-state index contributed by atoms with van der Waals surface area (Å²) in [4.78, 5) is 76.4. The van der Waals surface area contributed by atoms with E-state index in [2.05, 4.69) is 61.6 Å². The van der Waals surface area contributed by atoms with Gasteiger partial charge in [0.1, 0.15) is 39.9 Å². The van der Waals surface area contributed by atoms with Crippen LogP contribution in [0.1, 0.15) is 156 Å². The number of benzene rings is 8. The first-order chi connectivity index (χ1) is 54.6. The molecule has 1 aliphatic heterocycles. The molecular formula is C86H78Cl3F9O14S2. The Morgan fingerprint density at radius 1 is 0.465 bits per heavy atom. The van der Waals surface area contributed by atoms with Gasteiger partial charge in [0.05, 0.1) is 23.3 Å². The standard InChI is InChI=1S/C34H38ClF3O3.C29H18ClF3O7.C23H22ClF3O4S2/c1-2-3-4-5-6-7-8-9-10-11-12-13-14-15-16-17-18-26-40-33(39)32(28-22-24-30(35)25-23-28)41-31-21-19-20-29(27-31)34(36,37)38;30-19-14-12-17(13-15-19)25(38-20-7-5-6-18(16-20)29(31,32)33)28(37)40-27(36)22-9-2-4-11-24(22)39-26(35)21-8-1-3-10-23(21)34;24-17-10-8-15(9-11-17)21(30-18-5-3-4-16(14-18)23(25,26)27)22(29)31-20(28)7-2-1-6-19-12-13-32-33-19/h3-4,6-7,9-10,12-13,15-16,19-25,27,32H,2,5,8,11,14,17-18,26H2,1H3;1-16,25,34H;3-5,8-11,14,19,21H,1-2,6-7,12-13H2/b4-3-,7-6-,10-9-,13-12-,16-15-;;/t32-;25-;19-,21-/m111/s1. The summed E-state index contributed by atoms with van der Waals surface area (Å²) in [5.41, 5.74) is -2.41. The first-order valence-corrected chi connectivity index (χ1v) is 39.2. The van der Waals surface area contributed by atoms with E-state index in [0.717, 1.165) is 99.9 Å². The number of hydrogen-bond acceptors (Lipinski definition) is 16. The lowest BCUT2D eigenvalue weighted by Gasteiger charge is -2.19. The van der Waals surface area contributed by atoms with Gasteiger partial charge >= 0.3 is 54.3 Å². The van der Waals surface area contributed by atoms with E-state index in [1.807, 2.05) is 27.7 Å². The molecule has 9 rings (SSSR count). The van der Waals surface area contributed by atoms with Crippen LogP contribution < -0.4 is 18.9 Å². The van der Waals surface area contributed by atoms with Crippen LogP contribution in [-0.4, -0.2) is 58.5 Å². The third kappa shape index (κ3) is 32.0. The van der Waals surface area contributed by atoms with Crippen LogP contribution in [-0.2, 0) is 51.9 Å². The van der Waals surface area contributed by atoms with Crippen LogP contribution in [0.3, 0.4) is 0 Å². The Hall–Kier alpha value is -10.2. The minimum absolute atomic E-state index is 0.0766. The van der Waals surface area contributed by atoms with Gasteiger partial charge in [-0.1, -0.05) is 209 Å². The van der Waals surface area contributed by atoms with Crippen LogP contribution in [0.4, 0.5) is 39.5 Å². The fraction of sp³-hybridized carbons (Fsp3) is 0.256. The molecule has 0 radical (unpaired) electrons. The Balaban J connectivity index is 0.000000238. The van der Waals surface area contributed by atoms with Gasteiger partial charge in [0, 0.05) is 49.2 Å². The smallest absolute Gasteiger partial charge is 0.416 e. The summed E-state index contributed by atoms with van der Waals surface area (Å²) in [7, 11) is 3.72. The molecule has 0 saturated carbocycles. The Morgan fingerprint density at radius 3 is 1.31 bits per heavy atom. The average molecular weight is 1680 g/mol. The fourth-order valence-corrected chi connectivity index (χ4v) is 13.7. The highest BCUT2D eigenvalue weighted by Crippen LogP contribution is 2.41. The summed E-state index contributed by atoms with van der Waals surface area (Å²) in [5.74, 6) is -5.89. The van der Waals surface area contributed by atoms with Gasteiger partial charge in [-0.3, -0.25) is 4.79 Å². The van der Waals surface area contributed by atoms with E-state index in [9.17, 15) is 73.4 Å². The summed E-state index contributed by atoms with van der Waals surface area (Å²) in [6, 6.07) is 41.3. The van der Waals surface area contributed by atoms with Gasteiger partial charge < -0.3 is 38.3 Å². The van der Waals surface area contributed by atoms with Gasteiger partial charge in [0.15, 0.2) is 0 Å². The second kappa shape index (κ2) is 46.9. The molecule has 0 aliphatic carbocycles. The number of phenols is 1. The number of allylic oxidation sites excluding steroid dienone is 10. The average Bonchev–Trinajstić information content (AvgIpc) is 0.851. The lowest BCUT2D eigenvalue weighted by Crippen LogP contribution is -2.25. The molecule has 602 valence electrons. The van der Waals surface area contributed by atoms with Crippen molar-refractivity contribution >= 4 is 92.2 Å². The van der Waals surface area contributed by atoms with Crippen molar-refractivity contribution in [1.82, 2.24) is 0 Å². The van der Waals surface area contributed by atoms with Crippen LogP contribution in [0.2, 0.25) is 15.1 Å². The minimum atomic E-state index is -4.66. The molecule has 1 aliphatic rings. The highest BCUT2D eigenvalue weighted by Gasteiger charge is 2.36. The molecule has 28 heteroatoms. The lowest BCUT2D eigenvalue weighted by atomic mass is 10.1. The molecule has 1 saturated heterocycles. The molecule has 1 N–H and O–H groups in total. The molecule has 8 aromatic carbocycles. The monoisotopic (exact) mass is 1670 g/mol. The Bertz CT molecular complexity index is 4580. The largest absolute Gasteiger partial charge is 0.507 e. The predicted molar refractivity (Wildman–Crippen MR) is 421 cm³/mol. The van der Waals surface area contributed by atoms with Crippen LogP contribution in [0.15, 0.2) is 255 Å². The molecule has 0 aromatic heterocycles. The second-order valence-electron chi connectivity index (χ2n) is 24.7. The predicted octanol–water partition coefficient (Wildman–Crippen LogP) is 24.6. The van der Waals surface area contributed by atoms with Gasteiger partial charge in [-0.2, -0.15) is 39.5 Å². The number of carbonyl (C=O) groups is 6. The number of unbranched alkanes of at least 4 members (excludes halogenated alkanes) is 2. The molecule has 14 nitrogen and oxygen atoms in total. The number of phenolic OH excluding ortho intramolecular Hbond substituents is 1. The van der Waals surface area contributed by atoms with Crippen molar-refractivity contribution in [2.24, 2.45) is 0 Å². The number of esters is 6. The molecule has 8 aromatic rings. The summed E-state index contributed by atoms with van der Waals surface area (Å²) in [5, 5.41) is 11.7. The van der Waals surface area contributed by atoms with Crippen molar-refractivity contribution in [2.45, 2.75) is 126 Å². The van der Waals surface area contributed by atoms with E-state index >= 15 is 0 Å². The third-order valence-corrected chi connectivity index (χ3v) is 19.8. The van der Waals surface area contributed by atoms with Crippen LogP contribution in [0.25, 0.3) is 0 Å². The maximum Gasteiger partial charge on any atom is 0.416 e. The van der Waals surface area contributed by atoms with Gasteiger partial charge in [-0.05, 0) is 179 Å². The zero-order valence-corrected chi connectivity index (χ0v) is 65.0. The summed E-state index contributed by atoms with van der Waals surface area (Å²) in [6.07, 6.45) is 12.9. The highest BCUT2D eigenvalue weighted by atomic mass is 35.5. The molecule has 0 spiro atoms. The maximum absolute atomic E-state index is 13.2. The van der Waals surface area contributed by atoms with Gasteiger partial charge in [-0.25, -0.2) is 24.0 Å². The number of ether oxygens (including phenoxy) is 7. The van der Waals surface area contributed by atoms with Crippen molar-refractivity contribution in [3.63, 3.8) is 0 Å². The van der Waals surface area contributed by atoms with Crippen molar-refractivity contribution < 1.29 is 107 Å². The lowest BCUT2D eigenvalue weighted by molar-refractivity contribution is -0.165. The van der Waals surface area contributed by atoms with Crippen LogP contribution >= 0.6 is 56.4 Å². The van der Waals surface area contributed by atoms with Crippen molar-refractivity contribution in [3.8, 4) is 28.7 Å². The van der Waals surface area contributed by atoms with Gasteiger partial charge in [0.2, 0.25) is 18.3 Å². The number of hydrogen-bond donors (Lipinski definition) is 1. The van der Waals surface area contributed by atoms with Gasteiger partial charge in [0.25, 0.3) is 0 Å². The summed E-state index contributed by atoms with van der Waals surface area (Å²) < 4.78 is 155. The van der Waals surface area contributed by atoms with E-state index in [-0.39, 0.29) is 58.5 Å². The van der Waals surface area contributed by atoms with Crippen molar-refractivity contribution in [2.75, 3.05) is 12.4 Å². The van der Waals surface area contributed by atoms with Crippen LogP contribution in [0.5, 0.6) is 28.7 Å². The van der Waals surface area contributed by atoms with Crippen molar-refractivity contribution in [1.29, 1.82) is 0 Å². The molecule has 0 bridgehead atoms. The topological polar surface area (TPSA) is 187 Å². The highest BCUT2D eigenvalue weighted by molar-refractivity contribution is 8.77. The number of aromatic hydroxyl groups is 1. The number of halogens is 12. The quantitative estimate of drug-likeness (QED) is 0.00597. The summed E-state index contributed by atoms with van der Waals surface area (Å²) >= 11 is 17.7. The second-order valence-corrected chi connectivity index (χ2v) is 28.8. The Kier molecular flexibility index (Phi) is 37.4. The molecule has 0 amide bonds. The number of para-hydroxylation sites is 2. The Morgan fingerprint density at radius 2 is 0.877 bits per heavy atom. The minimum Gasteiger partial charge on any atom is -0.507 e. The SMILES string of the molecule is CC/C=C\C/C=C\C/C=C\C/C=C\C/C=C\CCCOC(=O)[C@H](Oc1cccc(C(F)(F)F)c1)c1ccc(Cl)cc1.O=C(CCCC[C@@H]1CCSS1)OC(=O)[C@H](Oc1cccc(C(F)(F)F)c1)c1ccc(Cl)cc1.O=C(Oc1ccccc1C(=O)OC(=O)[C@H](Oc1cccc(C(F)(F)F)c1)c1ccc(Cl)cc1)c1ccccc1O. The number of alkyl halides is 9. The molecular weight excluding hydrogens is 1600 g/mol. The first-order valence-electron chi connectivity index (χ1n) is 35.6. The zero-order valence-electron chi connectivity index (χ0n) is 61.1. The van der Waals surface area contributed by atoms with E-state index in [1.165, 1.54) is 127 Å². The molecule has 0 unspecified atom stereocenters. The number of rotatable bonds is 33. The molecule has 1 fully saturated rings. The molecule has 1 heterocycles. The maximum atomic E-state index is 13.2. The van der Waals surface area contributed by atoms with Gasteiger partial charge in [-0.15, -0.1) is 0 Å².